The van der Waals surface area contributed by atoms with Crippen LogP contribution >= 0.6 is 34.5 Å². The van der Waals surface area contributed by atoms with E-state index in [1.807, 2.05) is 19.1 Å². The van der Waals surface area contributed by atoms with Crippen LogP contribution in [0.4, 0.5) is 5.69 Å². The van der Waals surface area contributed by atoms with Crippen LogP contribution in [0.25, 0.3) is 15.5 Å². The number of carbonyl (C=O) groups is 1. The van der Waals surface area contributed by atoms with Gasteiger partial charge in [0.05, 0.1) is 17.7 Å². The van der Waals surface area contributed by atoms with Gasteiger partial charge in [-0.1, -0.05) is 41.5 Å². The number of rotatable bonds is 5. The van der Waals surface area contributed by atoms with Crippen LogP contribution in [-0.4, -0.2) is 32.8 Å². The lowest BCUT2D eigenvalue weighted by atomic mass is 10.1. The van der Waals surface area contributed by atoms with Gasteiger partial charge in [0.25, 0.3) is 5.91 Å². The van der Waals surface area contributed by atoms with Gasteiger partial charge >= 0.3 is 0 Å². The number of nitrogens with zero attached hydrogens (tertiary/aromatic N) is 4. The maximum Gasteiger partial charge on any atom is 0.259 e. The van der Waals surface area contributed by atoms with Crippen molar-refractivity contribution in [1.82, 2.24) is 19.8 Å². The van der Waals surface area contributed by atoms with E-state index in [1.165, 1.54) is 30.6 Å². The highest BCUT2D eigenvalue weighted by Gasteiger charge is 2.17. The van der Waals surface area contributed by atoms with E-state index >= 15 is 0 Å². The van der Waals surface area contributed by atoms with Gasteiger partial charge in [0.2, 0.25) is 4.96 Å². The van der Waals surface area contributed by atoms with Crippen molar-refractivity contribution in [3.63, 3.8) is 0 Å². The number of halogens is 2. The zero-order valence-electron chi connectivity index (χ0n) is 15.4. The van der Waals surface area contributed by atoms with Crippen molar-refractivity contribution < 1.29 is 9.53 Å². The normalized spacial score (nSPS) is 11.0. The number of hydrogen-bond donors (Lipinski definition) is 1. The van der Waals surface area contributed by atoms with Gasteiger partial charge in [0.1, 0.15) is 10.8 Å². The standard InChI is InChI=1S/C19H15Cl2N5O2S/c1-3-15-23-24-19-26(15)25-18(29-19)10-4-6-12(7-5-10)22-17(27)13-8-11(20)9-14(21)16(13)28-2/h4-9H,3H2,1-2H3,(H,22,27). The molecule has 0 fully saturated rings. The van der Waals surface area contributed by atoms with Crippen molar-refractivity contribution >= 4 is 51.1 Å². The first-order valence-corrected chi connectivity index (χ1v) is 10.2. The molecule has 148 valence electrons. The van der Waals surface area contributed by atoms with Crippen LogP contribution in [0.1, 0.15) is 23.1 Å². The molecule has 0 bridgehead atoms. The summed E-state index contributed by atoms with van der Waals surface area (Å²) < 4.78 is 6.99. The highest BCUT2D eigenvalue weighted by atomic mass is 35.5. The number of aromatic nitrogens is 4. The minimum absolute atomic E-state index is 0.259. The summed E-state index contributed by atoms with van der Waals surface area (Å²) in [5.74, 6) is 0.725. The summed E-state index contributed by atoms with van der Waals surface area (Å²) in [5.41, 5.74) is 1.80. The summed E-state index contributed by atoms with van der Waals surface area (Å²) >= 11 is 13.6. The average Bonchev–Trinajstić information content (AvgIpc) is 3.28. The first-order chi connectivity index (χ1) is 14.0. The third-order valence-electron chi connectivity index (χ3n) is 4.22. The SMILES string of the molecule is CCc1nnc2sc(-c3ccc(NC(=O)c4cc(Cl)cc(Cl)c4OC)cc3)nn12. The van der Waals surface area contributed by atoms with Gasteiger partial charge in [-0.2, -0.15) is 9.61 Å². The van der Waals surface area contributed by atoms with Crippen molar-refractivity contribution in [2.45, 2.75) is 13.3 Å². The molecule has 7 nitrogen and oxygen atoms in total. The molecule has 4 rings (SSSR count). The molecule has 0 saturated heterocycles. The molecule has 0 aliphatic carbocycles. The van der Waals surface area contributed by atoms with Crippen LogP contribution in [0.2, 0.25) is 10.0 Å². The molecule has 0 saturated carbocycles. The van der Waals surface area contributed by atoms with Gasteiger partial charge in [0.15, 0.2) is 5.82 Å². The lowest BCUT2D eigenvalue weighted by molar-refractivity contribution is 0.102. The van der Waals surface area contributed by atoms with Crippen LogP contribution in [0.3, 0.4) is 0 Å². The summed E-state index contributed by atoms with van der Waals surface area (Å²) in [6.07, 6.45) is 0.756. The fraction of sp³-hybridized carbons (Fsp3) is 0.158. The predicted molar refractivity (Wildman–Crippen MR) is 114 cm³/mol. The minimum Gasteiger partial charge on any atom is -0.494 e. The molecule has 0 unspecified atom stereocenters. The number of methoxy groups -OCH3 is 1. The molecule has 29 heavy (non-hydrogen) atoms. The smallest absolute Gasteiger partial charge is 0.259 e. The first kappa shape index (κ1) is 19.6. The Morgan fingerprint density at radius 1 is 1.21 bits per heavy atom. The number of carbonyl (C=O) groups excluding carboxylic acids is 1. The van der Waals surface area contributed by atoms with Gasteiger partial charge in [-0.3, -0.25) is 4.79 Å². The van der Waals surface area contributed by atoms with E-state index in [2.05, 4.69) is 20.6 Å². The van der Waals surface area contributed by atoms with Crippen LogP contribution in [-0.2, 0) is 6.42 Å². The molecule has 0 spiro atoms. The van der Waals surface area contributed by atoms with E-state index in [0.717, 1.165) is 27.8 Å². The quantitative estimate of drug-likeness (QED) is 0.466. The van der Waals surface area contributed by atoms with Gasteiger partial charge in [-0.15, -0.1) is 10.2 Å². The summed E-state index contributed by atoms with van der Waals surface area (Å²) in [4.78, 5) is 13.4. The van der Waals surface area contributed by atoms with Crippen LogP contribution < -0.4 is 10.1 Å². The van der Waals surface area contributed by atoms with Crippen molar-refractivity contribution in [2.75, 3.05) is 12.4 Å². The Balaban J connectivity index is 1.56. The lowest BCUT2D eigenvalue weighted by Gasteiger charge is -2.11. The van der Waals surface area contributed by atoms with Gasteiger partial charge in [-0.25, -0.2) is 0 Å². The predicted octanol–water partition coefficient (Wildman–Crippen LogP) is 4.98. The number of nitrogens with one attached hydrogen (secondary N) is 1. The summed E-state index contributed by atoms with van der Waals surface area (Å²) in [6, 6.07) is 10.4. The highest BCUT2D eigenvalue weighted by molar-refractivity contribution is 7.19. The van der Waals surface area contributed by atoms with E-state index in [-0.39, 0.29) is 22.2 Å². The third-order valence-corrected chi connectivity index (χ3v) is 5.67. The molecule has 10 heteroatoms. The zero-order chi connectivity index (χ0) is 20.5. The summed E-state index contributed by atoms with van der Waals surface area (Å²) in [7, 11) is 1.45. The molecule has 1 amide bonds. The number of anilines is 1. The van der Waals surface area contributed by atoms with Crippen LogP contribution in [0.5, 0.6) is 5.75 Å². The highest BCUT2D eigenvalue weighted by Crippen LogP contribution is 2.33. The van der Waals surface area contributed by atoms with Crippen molar-refractivity contribution in [2.24, 2.45) is 0 Å². The molecular formula is C19H15Cl2N5O2S. The maximum absolute atomic E-state index is 12.7. The summed E-state index contributed by atoms with van der Waals surface area (Å²) in [6.45, 7) is 2.01. The Bertz CT molecular complexity index is 1200. The Morgan fingerprint density at radius 2 is 1.97 bits per heavy atom. The Morgan fingerprint density at radius 3 is 2.66 bits per heavy atom. The van der Waals surface area contributed by atoms with E-state index in [4.69, 9.17) is 27.9 Å². The minimum atomic E-state index is -0.370. The number of amides is 1. The topological polar surface area (TPSA) is 81.4 Å². The third kappa shape index (κ3) is 3.78. The average molecular weight is 448 g/mol. The maximum atomic E-state index is 12.7. The van der Waals surface area contributed by atoms with Gasteiger partial charge in [0, 0.05) is 22.7 Å². The fourth-order valence-corrected chi connectivity index (χ4v) is 4.26. The molecule has 4 aromatic rings. The second kappa shape index (κ2) is 7.98. The van der Waals surface area contributed by atoms with Gasteiger partial charge < -0.3 is 10.1 Å². The Labute approximate surface area is 180 Å². The second-order valence-electron chi connectivity index (χ2n) is 6.07. The molecule has 0 aliphatic rings. The number of hydrogen-bond acceptors (Lipinski definition) is 6. The monoisotopic (exact) mass is 447 g/mol. The summed E-state index contributed by atoms with van der Waals surface area (Å²) in [5, 5.41) is 17.1. The van der Waals surface area contributed by atoms with Crippen molar-refractivity contribution in [3.8, 4) is 16.3 Å². The molecule has 2 heterocycles. The molecular weight excluding hydrogens is 433 g/mol. The number of benzene rings is 2. The van der Waals surface area contributed by atoms with E-state index < -0.39 is 0 Å². The number of ether oxygens (including phenoxy) is 1. The molecule has 0 radical (unpaired) electrons. The molecule has 0 atom stereocenters. The Kier molecular flexibility index (Phi) is 5.40. The number of aryl methyl sites for hydroxylation is 1. The number of fused-ring (bicyclic) bond motifs is 1. The van der Waals surface area contributed by atoms with Gasteiger partial charge in [-0.05, 0) is 36.4 Å². The molecule has 0 aliphatic heterocycles. The van der Waals surface area contributed by atoms with E-state index in [1.54, 1.807) is 16.6 Å². The van der Waals surface area contributed by atoms with E-state index in [9.17, 15) is 4.79 Å². The largest absolute Gasteiger partial charge is 0.494 e. The second-order valence-corrected chi connectivity index (χ2v) is 7.87. The molecule has 2 aromatic heterocycles. The van der Waals surface area contributed by atoms with Crippen molar-refractivity contribution in [3.05, 3.63) is 57.8 Å². The molecule has 2 aromatic carbocycles. The van der Waals surface area contributed by atoms with Crippen LogP contribution in [0, 0.1) is 0 Å². The molecule has 1 N–H and O–H groups in total. The Hall–Kier alpha value is -2.68. The fourth-order valence-electron chi connectivity index (χ4n) is 2.83. The first-order valence-electron chi connectivity index (χ1n) is 8.66. The zero-order valence-corrected chi connectivity index (χ0v) is 17.8. The van der Waals surface area contributed by atoms with Crippen LogP contribution in [0.15, 0.2) is 36.4 Å². The van der Waals surface area contributed by atoms with E-state index in [0.29, 0.717) is 10.7 Å². The lowest BCUT2D eigenvalue weighted by Crippen LogP contribution is -2.13. The van der Waals surface area contributed by atoms with Crippen molar-refractivity contribution in [1.29, 1.82) is 0 Å².